The third-order valence-electron chi connectivity index (χ3n) is 5.99. The Morgan fingerprint density at radius 3 is 2.10 bits per heavy atom. The van der Waals surface area contributed by atoms with Crippen LogP contribution in [-0.2, 0) is 9.59 Å². The maximum absolute atomic E-state index is 12.3. The van der Waals surface area contributed by atoms with Crippen molar-refractivity contribution in [3.8, 4) is 0 Å². The number of nitrogens with one attached hydrogen (secondary N) is 1. The SMILES string of the molecule is O=C(CC1(C(=O)O)CCCCCC1)NCC1(C2CC2)CC1. The van der Waals surface area contributed by atoms with E-state index in [2.05, 4.69) is 5.32 Å². The van der Waals surface area contributed by atoms with Crippen LogP contribution in [0.25, 0.3) is 0 Å². The van der Waals surface area contributed by atoms with Gasteiger partial charge < -0.3 is 10.4 Å². The van der Waals surface area contributed by atoms with Gasteiger partial charge in [-0.2, -0.15) is 0 Å². The highest BCUT2D eigenvalue weighted by Crippen LogP contribution is 2.60. The number of hydrogen-bond acceptors (Lipinski definition) is 2. The molecule has 4 nitrogen and oxygen atoms in total. The lowest BCUT2D eigenvalue weighted by Crippen LogP contribution is -2.39. The highest BCUT2D eigenvalue weighted by Gasteiger charge is 2.53. The molecule has 0 spiro atoms. The van der Waals surface area contributed by atoms with Gasteiger partial charge in [-0.15, -0.1) is 0 Å². The first-order chi connectivity index (χ1) is 10.1. The van der Waals surface area contributed by atoms with Crippen molar-refractivity contribution in [1.29, 1.82) is 0 Å². The first kappa shape index (κ1) is 14.9. The Bertz CT molecular complexity index is 416. The van der Waals surface area contributed by atoms with Gasteiger partial charge in [-0.05, 0) is 49.9 Å². The summed E-state index contributed by atoms with van der Waals surface area (Å²) in [6.07, 6.45) is 10.7. The molecule has 4 heteroatoms. The molecule has 21 heavy (non-hydrogen) atoms. The molecular formula is C17H27NO3. The molecule has 0 atom stereocenters. The summed E-state index contributed by atoms with van der Waals surface area (Å²) in [5.41, 5.74) is -0.424. The summed E-state index contributed by atoms with van der Waals surface area (Å²) in [5, 5.41) is 12.7. The Kier molecular flexibility index (Phi) is 3.98. The topological polar surface area (TPSA) is 66.4 Å². The van der Waals surface area contributed by atoms with Crippen molar-refractivity contribution in [2.75, 3.05) is 6.54 Å². The van der Waals surface area contributed by atoms with Crippen molar-refractivity contribution in [1.82, 2.24) is 5.32 Å². The molecule has 0 bridgehead atoms. The summed E-state index contributed by atoms with van der Waals surface area (Å²) in [6, 6.07) is 0. The number of carbonyl (C=O) groups excluding carboxylic acids is 1. The highest BCUT2D eigenvalue weighted by molar-refractivity contribution is 5.85. The molecule has 2 N–H and O–H groups in total. The highest BCUT2D eigenvalue weighted by atomic mass is 16.4. The van der Waals surface area contributed by atoms with E-state index in [1.165, 1.54) is 25.7 Å². The Balaban J connectivity index is 1.54. The van der Waals surface area contributed by atoms with Crippen LogP contribution in [0.1, 0.15) is 70.6 Å². The molecular weight excluding hydrogens is 266 g/mol. The first-order valence-electron chi connectivity index (χ1n) is 8.57. The summed E-state index contributed by atoms with van der Waals surface area (Å²) < 4.78 is 0. The van der Waals surface area contributed by atoms with Crippen molar-refractivity contribution in [3.05, 3.63) is 0 Å². The minimum atomic E-state index is -0.809. The lowest BCUT2D eigenvalue weighted by atomic mass is 9.77. The molecule has 0 aromatic carbocycles. The number of carboxylic acid groups (broad SMARTS) is 1. The van der Waals surface area contributed by atoms with Gasteiger partial charge in [-0.3, -0.25) is 9.59 Å². The molecule has 3 saturated carbocycles. The van der Waals surface area contributed by atoms with Crippen LogP contribution in [0, 0.1) is 16.7 Å². The van der Waals surface area contributed by atoms with E-state index in [4.69, 9.17) is 0 Å². The number of aliphatic carboxylic acids is 1. The van der Waals surface area contributed by atoms with E-state index >= 15 is 0 Å². The molecule has 0 aromatic heterocycles. The molecule has 0 aliphatic heterocycles. The maximum atomic E-state index is 12.3. The zero-order valence-corrected chi connectivity index (χ0v) is 12.8. The fourth-order valence-corrected chi connectivity index (χ4v) is 4.10. The molecule has 3 fully saturated rings. The van der Waals surface area contributed by atoms with E-state index in [0.29, 0.717) is 18.3 Å². The third kappa shape index (κ3) is 3.24. The number of hydrogen-bond donors (Lipinski definition) is 2. The molecule has 0 saturated heterocycles. The monoisotopic (exact) mass is 293 g/mol. The predicted molar refractivity (Wildman–Crippen MR) is 79.8 cm³/mol. The number of carbonyl (C=O) groups is 2. The largest absolute Gasteiger partial charge is 0.481 e. The number of rotatable bonds is 6. The van der Waals surface area contributed by atoms with Gasteiger partial charge in [-0.1, -0.05) is 25.7 Å². The fourth-order valence-electron chi connectivity index (χ4n) is 4.10. The van der Waals surface area contributed by atoms with Crippen molar-refractivity contribution in [2.24, 2.45) is 16.7 Å². The summed E-state index contributed by atoms with van der Waals surface area (Å²) in [7, 11) is 0. The van der Waals surface area contributed by atoms with Crippen LogP contribution in [0.3, 0.4) is 0 Å². The Hall–Kier alpha value is -1.06. The molecule has 3 aliphatic carbocycles. The fraction of sp³-hybridized carbons (Fsp3) is 0.882. The third-order valence-corrected chi connectivity index (χ3v) is 5.99. The van der Waals surface area contributed by atoms with E-state index < -0.39 is 11.4 Å². The lowest BCUT2D eigenvalue weighted by Gasteiger charge is -2.27. The normalized spacial score (nSPS) is 26.7. The van der Waals surface area contributed by atoms with E-state index in [9.17, 15) is 14.7 Å². The zero-order chi connectivity index (χ0) is 14.9. The minimum absolute atomic E-state index is 0.0498. The molecule has 3 rings (SSSR count). The van der Waals surface area contributed by atoms with Gasteiger partial charge in [0, 0.05) is 13.0 Å². The van der Waals surface area contributed by atoms with Gasteiger partial charge in [0.15, 0.2) is 0 Å². The van der Waals surface area contributed by atoms with Crippen LogP contribution >= 0.6 is 0 Å². The van der Waals surface area contributed by atoms with E-state index in [-0.39, 0.29) is 12.3 Å². The van der Waals surface area contributed by atoms with Gasteiger partial charge >= 0.3 is 5.97 Å². The second-order valence-corrected chi connectivity index (χ2v) is 7.59. The molecule has 3 aliphatic rings. The number of amides is 1. The van der Waals surface area contributed by atoms with Crippen LogP contribution < -0.4 is 5.32 Å². The van der Waals surface area contributed by atoms with Gasteiger partial charge in [0.25, 0.3) is 0 Å². The standard InChI is InChI=1S/C17H27NO3/c19-14(18-12-17(9-10-17)13-5-6-13)11-16(15(20)21)7-3-1-2-4-8-16/h13H,1-12H2,(H,18,19)(H,20,21). The van der Waals surface area contributed by atoms with Gasteiger partial charge in [0.2, 0.25) is 5.91 Å². The number of carboxylic acids is 1. The van der Waals surface area contributed by atoms with E-state index in [0.717, 1.165) is 38.1 Å². The van der Waals surface area contributed by atoms with Crippen molar-refractivity contribution in [3.63, 3.8) is 0 Å². The lowest BCUT2D eigenvalue weighted by molar-refractivity contribution is -0.152. The minimum Gasteiger partial charge on any atom is -0.481 e. The molecule has 0 radical (unpaired) electrons. The van der Waals surface area contributed by atoms with Crippen LogP contribution in [0.4, 0.5) is 0 Å². The second kappa shape index (κ2) is 5.62. The average Bonchev–Trinajstić information content (AvgIpc) is 3.30. The van der Waals surface area contributed by atoms with E-state index in [1.807, 2.05) is 0 Å². The zero-order valence-electron chi connectivity index (χ0n) is 12.8. The van der Waals surface area contributed by atoms with Gasteiger partial charge in [0.1, 0.15) is 0 Å². The first-order valence-corrected chi connectivity index (χ1v) is 8.57. The molecule has 118 valence electrons. The Morgan fingerprint density at radius 1 is 1.00 bits per heavy atom. The summed E-state index contributed by atoms with van der Waals surface area (Å²) in [6.45, 7) is 0.770. The molecule has 1 amide bonds. The summed E-state index contributed by atoms with van der Waals surface area (Å²) in [4.78, 5) is 24.0. The Labute approximate surface area is 126 Å². The van der Waals surface area contributed by atoms with Gasteiger partial charge in [0.05, 0.1) is 5.41 Å². The van der Waals surface area contributed by atoms with Crippen LogP contribution in [-0.4, -0.2) is 23.5 Å². The van der Waals surface area contributed by atoms with Crippen LogP contribution in [0.15, 0.2) is 0 Å². The van der Waals surface area contributed by atoms with Crippen molar-refractivity contribution >= 4 is 11.9 Å². The van der Waals surface area contributed by atoms with Crippen LogP contribution in [0.5, 0.6) is 0 Å². The van der Waals surface area contributed by atoms with Crippen LogP contribution in [0.2, 0.25) is 0 Å². The molecule has 0 unspecified atom stereocenters. The van der Waals surface area contributed by atoms with E-state index in [1.54, 1.807) is 0 Å². The quantitative estimate of drug-likeness (QED) is 0.739. The van der Waals surface area contributed by atoms with Gasteiger partial charge in [-0.25, -0.2) is 0 Å². The predicted octanol–water partition coefficient (Wildman–Crippen LogP) is 3.11. The van der Waals surface area contributed by atoms with Crippen molar-refractivity contribution in [2.45, 2.75) is 70.6 Å². The van der Waals surface area contributed by atoms with Crippen molar-refractivity contribution < 1.29 is 14.7 Å². The second-order valence-electron chi connectivity index (χ2n) is 7.59. The maximum Gasteiger partial charge on any atom is 0.310 e. The summed E-state index contributed by atoms with van der Waals surface area (Å²) >= 11 is 0. The average molecular weight is 293 g/mol. The summed E-state index contributed by atoms with van der Waals surface area (Å²) in [5.74, 6) is -0.00165. The Morgan fingerprint density at radius 2 is 1.62 bits per heavy atom. The molecule has 0 aromatic rings. The smallest absolute Gasteiger partial charge is 0.310 e. The molecule has 0 heterocycles.